The van der Waals surface area contributed by atoms with Crippen LogP contribution in [0.15, 0.2) is 48.5 Å². The van der Waals surface area contributed by atoms with Gasteiger partial charge in [-0.3, -0.25) is 4.79 Å². The molecule has 0 saturated heterocycles. The number of carbonyl (C=O) groups is 1. The molecule has 0 aliphatic carbocycles. The van der Waals surface area contributed by atoms with Gasteiger partial charge in [0.1, 0.15) is 5.60 Å². The molecule has 3 aromatic rings. The van der Waals surface area contributed by atoms with Gasteiger partial charge in [-0.15, -0.1) is 11.3 Å². The van der Waals surface area contributed by atoms with E-state index in [0.717, 1.165) is 15.0 Å². The van der Waals surface area contributed by atoms with Crippen molar-refractivity contribution in [3.8, 4) is 11.5 Å². The summed E-state index contributed by atoms with van der Waals surface area (Å²) in [5.74, 6) is 0.521. The Morgan fingerprint density at radius 2 is 1.92 bits per heavy atom. The molecule has 1 unspecified atom stereocenters. The van der Waals surface area contributed by atoms with E-state index in [-0.39, 0.29) is 12.5 Å². The summed E-state index contributed by atoms with van der Waals surface area (Å²) in [5.41, 5.74) is -0.815. The molecule has 1 aromatic heterocycles. The quantitative estimate of drug-likeness (QED) is 0.695. The van der Waals surface area contributed by atoms with Crippen LogP contribution in [-0.4, -0.2) is 31.8 Å². The molecule has 0 spiro atoms. The molecule has 5 nitrogen and oxygen atoms in total. The molecule has 0 fully saturated rings. The number of rotatable bonds is 6. The van der Waals surface area contributed by atoms with Gasteiger partial charge in [0.2, 0.25) is 0 Å². The standard InChI is InChI=1S/C20H21NO4S/c1-20(23,17-11-13-7-4-5-10-16(13)26-17)12-21-19(22)14-8-6-9-15(24-2)18(14)25-3/h4-11,23H,12H2,1-3H3,(H,21,22). The van der Waals surface area contributed by atoms with Gasteiger partial charge in [-0.2, -0.15) is 0 Å². The Morgan fingerprint density at radius 3 is 2.62 bits per heavy atom. The van der Waals surface area contributed by atoms with Crippen molar-refractivity contribution in [3.63, 3.8) is 0 Å². The molecule has 0 aliphatic heterocycles. The van der Waals surface area contributed by atoms with Crippen LogP contribution in [0.1, 0.15) is 22.2 Å². The minimum Gasteiger partial charge on any atom is -0.493 e. The maximum absolute atomic E-state index is 12.6. The number of aliphatic hydroxyl groups is 1. The van der Waals surface area contributed by atoms with Crippen LogP contribution in [0.5, 0.6) is 11.5 Å². The average molecular weight is 371 g/mol. The van der Waals surface area contributed by atoms with Crippen molar-refractivity contribution in [3.05, 3.63) is 59.0 Å². The Labute approximate surface area is 156 Å². The predicted octanol–water partition coefficient (Wildman–Crippen LogP) is 3.56. The number of nitrogens with one attached hydrogen (secondary N) is 1. The zero-order valence-corrected chi connectivity index (χ0v) is 15.7. The van der Waals surface area contributed by atoms with E-state index in [4.69, 9.17) is 9.47 Å². The lowest BCUT2D eigenvalue weighted by Gasteiger charge is -2.22. The van der Waals surface area contributed by atoms with Crippen LogP contribution in [0, 0.1) is 0 Å². The summed E-state index contributed by atoms with van der Waals surface area (Å²) in [5, 5.41) is 14.7. The number of benzene rings is 2. The first kappa shape index (κ1) is 18.2. The van der Waals surface area contributed by atoms with Gasteiger partial charge in [0, 0.05) is 9.58 Å². The van der Waals surface area contributed by atoms with E-state index in [0.29, 0.717) is 17.1 Å². The Balaban J connectivity index is 1.78. The zero-order valence-electron chi connectivity index (χ0n) is 14.9. The van der Waals surface area contributed by atoms with Crippen molar-refractivity contribution in [1.29, 1.82) is 0 Å². The number of thiophene rings is 1. The van der Waals surface area contributed by atoms with E-state index in [9.17, 15) is 9.90 Å². The third kappa shape index (κ3) is 3.52. The first-order valence-corrected chi connectivity index (χ1v) is 8.98. The maximum atomic E-state index is 12.6. The van der Waals surface area contributed by atoms with E-state index < -0.39 is 5.60 Å². The number of para-hydroxylation sites is 1. The molecular formula is C20H21NO4S. The molecule has 136 valence electrons. The fourth-order valence-corrected chi connectivity index (χ4v) is 3.85. The normalized spacial score (nSPS) is 13.2. The first-order valence-electron chi connectivity index (χ1n) is 8.17. The number of methoxy groups -OCH3 is 2. The van der Waals surface area contributed by atoms with E-state index in [1.165, 1.54) is 25.6 Å². The van der Waals surface area contributed by atoms with Gasteiger partial charge in [-0.25, -0.2) is 0 Å². The van der Waals surface area contributed by atoms with Crippen LogP contribution < -0.4 is 14.8 Å². The van der Waals surface area contributed by atoms with Crippen LogP contribution in [0.25, 0.3) is 10.1 Å². The van der Waals surface area contributed by atoms with Crippen LogP contribution in [0.2, 0.25) is 0 Å². The second-order valence-electron chi connectivity index (χ2n) is 6.15. The highest BCUT2D eigenvalue weighted by Crippen LogP contribution is 2.33. The Kier molecular flexibility index (Phi) is 5.15. The van der Waals surface area contributed by atoms with Crippen LogP contribution in [0.3, 0.4) is 0 Å². The highest BCUT2D eigenvalue weighted by molar-refractivity contribution is 7.19. The predicted molar refractivity (Wildman–Crippen MR) is 103 cm³/mol. The molecule has 1 atom stereocenters. The molecule has 0 aliphatic rings. The molecule has 1 amide bonds. The number of carbonyl (C=O) groups excluding carboxylic acids is 1. The van der Waals surface area contributed by atoms with Gasteiger partial charge < -0.3 is 19.9 Å². The summed E-state index contributed by atoms with van der Waals surface area (Å²) in [6.45, 7) is 1.78. The summed E-state index contributed by atoms with van der Waals surface area (Å²) in [6.07, 6.45) is 0. The minimum atomic E-state index is -1.18. The highest BCUT2D eigenvalue weighted by Gasteiger charge is 2.27. The van der Waals surface area contributed by atoms with E-state index in [2.05, 4.69) is 5.32 Å². The molecule has 1 heterocycles. The minimum absolute atomic E-state index is 0.0824. The van der Waals surface area contributed by atoms with Crippen molar-refractivity contribution < 1.29 is 19.4 Å². The Bertz CT molecular complexity index is 899. The van der Waals surface area contributed by atoms with E-state index in [1.807, 2.05) is 30.3 Å². The first-order chi connectivity index (χ1) is 12.5. The molecule has 0 saturated carbocycles. The molecule has 26 heavy (non-hydrogen) atoms. The molecule has 0 radical (unpaired) electrons. The van der Waals surface area contributed by atoms with Crippen molar-refractivity contribution in [2.24, 2.45) is 0 Å². The average Bonchev–Trinajstić information content (AvgIpc) is 3.10. The molecule has 3 rings (SSSR count). The summed E-state index contributed by atoms with van der Waals surface area (Å²) in [4.78, 5) is 13.4. The fraction of sp³-hybridized carbons (Fsp3) is 0.250. The number of hydrogen-bond donors (Lipinski definition) is 2. The monoisotopic (exact) mass is 371 g/mol. The van der Waals surface area contributed by atoms with Gasteiger partial charge in [0.15, 0.2) is 11.5 Å². The lowest BCUT2D eigenvalue weighted by Crippen LogP contribution is -2.38. The van der Waals surface area contributed by atoms with E-state index in [1.54, 1.807) is 25.1 Å². The maximum Gasteiger partial charge on any atom is 0.255 e. The number of fused-ring (bicyclic) bond motifs is 1. The van der Waals surface area contributed by atoms with Crippen LogP contribution in [-0.2, 0) is 5.60 Å². The SMILES string of the molecule is COc1cccc(C(=O)NCC(C)(O)c2cc3ccccc3s2)c1OC. The molecule has 0 bridgehead atoms. The molecule has 2 aromatic carbocycles. The second kappa shape index (κ2) is 7.35. The van der Waals surface area contributed by atoms with Crippen molar-refractivity contribution in [2.75, 3.05) is 20.8 Å². The van der Waals surface area contributed by atoms with Gasteiger partial charge in [-0.05, 0) is 36.6 Å². The molecule has 6 heteroatoms. The van der Waals surface area contributed by atoms with Gasteiger partial charge in [0.05, 0.1) is 26.3 Å². The molecule has 2 N–H and O–H groups in total. The number of ether oxygens (including phenoxy) is 2. The van der Waals surface area contributed by atoms with Crippen molar-refractivity contribution in [2.45, 2.75) is 12.5 Å². The van der Waals surface area contributed by atoms with E-state index >= 15 is 0 Å². The molecular weight excluding hydrogens is 350 g/mol. The highest BCUT2D eigenvalue weighted by atomic mass is 32.1. The van der Waals surface area contributed by atoms with Crippen molar-refractivity contribution in [1.82, 2.24) is 5.32 Å². The topological polar surface area (TPSA) is 67.8 Å². The Hall–Kier alpha value is -2.57. The third-order valence-corrected chi connectivity index (χ3v) is 5.57. The zero-order chi connectivity index (χ0) is 18.7. The smallest absolute Gasteiger partial charge is 0.255 e. The summed E-state index contributed by atoms with van der Waals surface area (Å²) >= 11 is 1.52. The van der Waals surface area contributed by atoms with Crippen molar-refractivity contribution >= 4 is 27.3 Å². The Morgan fingerprint density at radius 1 is 1.15 bits per heavy atom. The second-order valence-corrected chi connectivity index (χ2v) is 7.23. The lowest BCUT2D eigenvalue weighted by atomic mass is 10.0. The van der Waals surface area contributed by atoms with Gasteiger partial charge >= 0.3 is 0 Å². The lowest BCUT2D eigenvalue weighted by molar-refractivity contribution is 0.0556. The van der Waals surface area contributed by atoms with Crippen LogP contribution >= 0.6 is 11.3 Å². The van der Waals surface area contributed by atoms with Gasteiger partial charge in [0.25, 0.3) is 5.91 Å². The summed E-state index contributed by atoms with van der Waals surface area (Å²) in [6, 6.07) is 15.0. The van der Waals surface area contributed by atoms with Gasteiger partial charge in [-0.1, -0.05) is 24.3 Å². The fourth-order valence-electron chi connectivity index (χ4n) is 2.75. The number of amides is 1. The largest absolute Gasteiger partial charge is 0.493 e. The number of hydrogen-bond acceptors (Lipinski definition) is 5. The summed E-state index contributed by atoms with van der Waals surface area (Å²) < 4.78 is 11.6. The van der Waals surface area contributed by atoms with Crippen LogP contribution in [0.4, 0.5) is 0 Å². The third-order valence-electron chi connectivity index (χ3n) is 4.20. The summed E-state index contributed by atoms with van der Waals surface area (Å²) in [7, 11) is 3.01.